The molecule has 2 nitrogen and oxygen atoms in total. The Balaban J connectivity index is 2.73. The molecule has 74 valence electrons. The van der Waals surface area contributed by atoms with Crippen molar-refractivity contribution in [1.29, 1.82) is 5.26 Å². The lowest BCUT2D eigenvalue weighted by molar-refractivity contribution is 0.872. The van der Waals surface area contributed by atoms with Crippen LogP contribution in [0, 0.1) is 11.3 Å². The van der Waals surface area contributed by atoms with Crippen LogP contribution in [0.4, 0.5) is 0 Å². The van der Waals surface area contributed by atoms with Crippen LogP contribution in [0.15, 0.2) is 23.1 Å². The lowest BCUT2D eigenvalue weighted by Gasteiger charge is -2.03. The number of nitrogens with zero attached hydrogens (tertiary/aromatic N) is 1. The van der Waals surface area contributed by atoms with Crippen LogP contribution in [0.25, 0.3) is 0 Å². The first-order chi connectivity index (χ1) is 6.77. The number of nitriles is 1. The van der Waals surface area contributed by atoms with E-state index in [9.17, 15) is 0 Å². The molecule has 0 heterocycles. The molecule has 0 aromatic heterocycles. The third-order valence-electron chi connectivity index (χ3n) is 1.67. The van der Waals surface area contributed by atoms with Crippen molar-refractivity contribution in [2.45, 2.75) is 4.90 Å². The van der Waals surface area contributed by atoms with E-state index < -0.39 is 0 Å². The van der Waals surface area contributed by atoms with Gasteiger partial charge in [-0.05, 0) is 25.2 Å². The third-order valence-corrected chi connectivity index (χ3v) is 2.97. The molecule has 4 heteroatoms. The number of hydrogen-bond acceptors (Lipinski definition) is 3. The predicted octanol–water partition coefficient (Wildman–Crippen LogP) is 2.52. The van der Waals surface area contributed by atoms with E-state index in [-0.39, 0.29) is 0 Å². The highest BCUT2D eigenvalue weighted by Gasteiger charge is 2.02. The summed E-state index contributed by atoms with van der Waals surface area (Å²) in [6.07, 6.45) is 0. The van der Waals surface area contributed by atoms with Gasteiger partial charge in [-0.1, -0.05) is 11.6 Å². The van der Waals surface area contributed by atoms with Crippen LogP contribution >= 0.6 is 23.4 Å². The molecular formula is C10H11ClN2S. The minimum Gasteiger partial charge on any atom is -0.319 e. The summed E-state index contributed by atoms with van der Waals surface area (Å²) in [7, 11) is 1.91. The van der Waals surface area contributed by atoms with Gasteiger partial charge in [0.15, 0.2) is 0 Å². The molecule has 0 aliphatic carbocycles. The van der Waals surface area contributed by atoms with Gasteiger partial charge in [0, 0.05) is 22.2 Å². The number of halogens is 1. The van der Waals surface area contributed by atoms with Gasteiger partial charge in [0.05, 0.1) is 5.56 Å². The highest BCUT2D eigenvalue weighted by molar-refractivity contribution is 7.99. The SMILES string of the molecule is CNCCSc1cc(Cl)ccc1C#N. The Morgan fingerprint density at radius 1 is 1.57 bits per heavy atom. The lowest BCUT2D eigenvalue weighted by atomic mass is 10.2. The average molecular weight is 227 g/mol. The van der Waals surface area contributed by atoms with E-state index in [2.05, 4.69) is 11.4 Å². The molecule has 0 spiro atoms. The monoisotopic (exact) mass is 226 g/mol. The third kappa shape index (κ3) is 3.22. The molecule has 0 unspecified atom stereocenters. The Labute approximate surface area is 93.3 Å². The topological polar surface area (TPSA) is 35.8 Å². The molecule has 1 N–H and O–H groups in total. The molecule has 1 rings (SSSR count). The minimum atomic E-state index is 0.677. The second-order valence-corrected chi connectivity index (χ2v) is 4.28. The molecule has 14 heavy (non-hydrogen) atoms. The Hall–Kier alpha value is -0.690. The van der Waals surface area contributed by atoms with Gasteiger partial charge in [-0.15, -0.1) is 11.8 Å². The summed E-state index contributed by atoms with van der Waals surface area (Å²) in [6.45, 7) is 0.919. The fourth-order valence-electron chi connectivity index (χ4n) is 0.971. The molecule has 0 saturated heterocycles. The Morgan fingerprint density at radius 3 is 3.00 bits per heavy atom. The highest BCUT2D eigenvalue weighted by atomic mass is 35.5. The van der Waals surface area contributed by atoms with E-state index in [0.717, 1.165) is 17.2 Å². The van der Waals surface area contributed by atoms with Crippen LogP contribution in [-0.2, 0) is 0 Å². The molecule has 1 aromatic rings. The fraction of sp³-hybridized carbons (Fsp3) is 0.300. The molecule has 0 amide bonds. The maximum atomic E-state index is 8.84. The highest BCUT2D eigenvalue weighted by Crippen LogP contribution is 2.25. The Morgan fingerprint density at radius 2 is 2.36 bits per heavy atom. The summed E-state index contributed by atoms with van der Waals surface area (Å²) in [5.74, 6) is 0.936. The van der Waals surface area contributed by atoms with Crippen molar-refractivity contribution in [1.82, 2.24) is 5.32 Å². The minimum absolute atomic E-state index is 0.677. The van der Waals surface area contributed by atoms with Crippen LogP contribution in [0.2, 0.25) is 5.02 Å². The summed E-state index contributed by atoms with van der Waals surface area (Å²) in [4.78, 5) is 0.954. The van der Waals surface area contributed by atoms with Gasteiger partial charge in [-0.25, -0.2) is 0 Å². The standard InChI is InChI=1S/C10H11ClN2S/c1-13-4-5-14-10-6-9(11)3-2-8(10)7-12/h2-3,6,13H,4-5H2,1H3. The summed E-state index contributed by atoms with van der Waals surface area (Å²) >= 11 is 7.49. The van der Waals surface area contributed by atoms with Gasteiger partial charge in [-0.3, -0.25) is 0 Å². The number of nitrogens with one attached hydrogen (secondary N) is 1. The van der Waals surface area contributed by atoms with Crippen LogP contribution in [0.3, 0.4) is 0 Å². The van der Waals surface area contributed by atoms with Crippen molar-refractivity contribution in [3.05, 3.63) is 28.8 Å². The van der Waals surface area contributed by atoms with Crippen molar-refractivity contribution in [3.8, 4) is 6.07 Å². The maximum Gasteiger partial charge on any atom is 0.100 e. The largest absolute Gasteiger partial charge is 0.319 e. The Kier molecular flexibility index (Phi) is 4.81. The second kappa shape index (κ2) is 5.92. The molecule has 0 atom stereocenters. The van der Waals surface area contributed by atoms with Gasteiger partial charge in [-0.2, -0.15) is 5.26 Å². The lowest BCUT2D eigenvalue weighted by Crippen LogP contribution is -2.09. The number of benzene rings is 1. The normalized spacial score (nSPS) is 9.79. The first-order valence-corrected chi connectivity index (χ1v) is 5.61. The van der Waals surface area contributed by atoms with Crippen LogP contribution < -0.4 is 5.32 Å². The first-order valence-electron chi connectivity index (χ1n) is 4.25. The fourth-order valence-corrected chi connectivity index (χ4v) is 2.21. The van der Waals surface area contributed by atoms with Crippen LogP contribution in [-0.4, -0.2) is 19.3 Å². The zero-order valence-electron chi connectivity index (χ0n) is 7.88. The van der Waals surface area contributed by atoms with Crippen molar-refractivity contribution >= 4 is 23.4 Å². The molecule has 0 aliphatic rings. The van der Waals surface area contributed by atoms with E-state index in [1.807, 2.05) is 13.1 Å². The zero-order chi connectivity index (χ0) is 10.4. The summed E-state index contributed by atoms with van der Waals surface area (Å²) in [5.41, 5.74) is 0.690. The van der Waals surface area contributed by atoms with Crippen molar-refractivity contribution < 1.29 is 0 Å². The van der Waals surface area contributed by atoms with Gasteiger partial charge in [0.1, 0.15) is 6.07 Å². The number of rotatable bonds is 4. The summed E-state index contributed by atoms with van der Waals surface area (Å²) in [5, 5.41) is 12.6. The molecule has 0 aliphatic heterocycles. The maximum absolute atomic E-state index is 8.84. The quantitative estimate of drug-likeness (QED) is 0.633. The Bertz CT molecular complexity index is 346. The smallest absolute Gasteiger partial charge is 0.100 e. The average Bonchev–Trinajstić information content (AvgIpc) is 2.19. The second-order valence-electron chi connectivity index (χ2n) is 2.70. The number of hydrogen-bond donors (Lipinski definition) is 1. The predicted molar refractivity (Wildman–Crippen MR) is 60.8 cm³/mol. The van der Waals surface area contributed by atoms with Gasteiger partial charge in [0.25, 0.3) is 0 Å². The van der Waals surface area contributed by atoms with Crippen LogP contribution in [0.1, 0.15) is 5.56 Å². The summed E-state index contributed by atoms with van der Waals surface area (Å²) < 4.78 is 0. The molecule has 0 fully saturated rings. The number of thioether (sulfide) groups is 1. The van der Waals surface area contributed by atoms with Crippen molar-refractivity contribution in [2.24, 2.45) is 0 Å². The molecule has 0 bridgehead atoms. The van der Waals surface area contributed by atoms with E-state index in [1.165, 1.54) is 0 Å². The molecule has 1 aromatic carbocycles. The van der Waals surface area contributed by atoms with E-state index in [4.69, 9.17) is 16.9 Å². The first kappa shape index (κ1) is 11.4. The van der Waals surface area contributed by atoms with E-state index in [0.29, 0.717) is 10.6 Å². The van der Waals surface area contributed by atoms with Gasteiger partial charge in [0.2, 0.25) is 0 Å². The van der Waals surface area contributed by atoms with Crippen LogP contribution in [0.5, 0.6) is 0 Å². The van der Waals surface area contributed by atoms with E-state index in [1.54, 1.807) is 23.9 Å². The molecule has 0 saturated carbocycles. The molecule has 0 radical (unpaired) electrons. The summed E-state index contributed by atoms with van der Waals surface area (Å²) in [6, 6.07) is 7.48. The van der Waals surface area contributed by atoms with Gasteiger partial charge < -0.3 is 5.32 Å². The zero-order valence-corrected chi connectivity index (χ0v) is 9.45. The van der Waals surface area contributed by atoms with E-state index >= 15 is 0 Å². The van der Waals surface area contributed by atoms with Crippen molar-refractivity contribution in [2.75, 3.05) is 19.3 Å². The van der Waals surface area contributed by atoms with Crippen molar-refractivity contribution in [3.63, 3.8) is 0 Å². The molecular weight excluding hydrogens is 216 g/mol. The van der Waals surface area contributed by atoms with Gasteiger partial charge >= 0.3 is 0 Å².